The van der Waals surface area contributed by atoms with Crippen LogP contribution in [0, 0.1) is 5.82 Å². The summed E-state index contributed by atoms with van der Waals surface area (Å²) in [5.74, 6) is -0.106. The molecule has 0 aliphatic heterocycles. The second-order valence-electron chi connectivity index (χ2n) is 6.98. The van der Waals surface area contributed by atoms with Crippen LogP contribution in [0.15, 0.2) is 41.7 Å². The average molecular weight is 427 g/mol. The molecule has 0 fully saturated rings. The van der Waals surface area contributed by atoms with Crippen LogP contribution < -0.4 is 5.56 Å². The van der Waals surface area contributed by atoms with Gasteiger partial charge in [-0.05, 0) is 55.0 Å². The Morgan fingerprint density at radius 1 is 1.31 bits per heavy atom. The van der Waals surface area contributed by atoms with E-state index >= 15 is 0 Å². The first-order chi connectivity index (χ1) is 14.1. The lowest BCUT2D eigenvalue weighted by Crippen LogP contribution is -2.12. The van der Waals surface area contributed by atoms with Crippen LogP contribution in [0.2, 0.25) is 0 Å². The largest absolute Gasteiger partial charge is 0.305 e. The van der Waals surface area contributed by atoms with E-state index in [1.54, 1.807) is 46.5 Å². The predicted molar refractivity (Wildman–Crippen MR) is 114 cm³/mol. The van der Waals surface area contributed by atoms with Crippen LogP contribution in [0.4, 0.5) is 4.39 Å². The number of fused-ring (bicyclic) bond motifs is 3. The summed E-state index contributed by atoms with van der Waals surface area (Å²) in [6.45, 7) is 0. The summed E-state index contributed by atoms with van der Waals surface area (Å²) in [6, 6.07) is 4.79. The Labute approximate surface area is 174 Å². The number of hydrogen-bond donors (Lipinski definition) is 1. The summed E-state index contributed by atoms with van der Waals surface area (Å²) >= 11 is 8.00. The van der Waals surface area contributed by atoms with Crippen LogP contribution in [0.3, 0.4) is 0 Å². The molecular formula is C21H16ClFN4OS. The number of H-pyrrole nitrogens is 1. The number of halogens is 2. The van der Waals surface area contributed by atoms with E-state index < -0.39 is 5.82 Å². The first kappa shape index (κ1) is 18.3. The predicted octanol–water partition coefficient (Wildman–Crippen LogP) is 4.93. The molecule has 4 aromatic rings. The Hall–Kier alpha value is -2.77. The van der Waals surface area contributed by atoms with E-state index in [9.17, 15) is 9.18 Å². The van der Waals surface area contributed by atoms with Crippen molar-refractivity contribution in [2.75, 3.05) is 0 Å². The first-order valence-corrected chi connectivity index (χ1v) is 10.5. The highest BCUT2D eigenvalue weighted by Gasteiger charge is 2.20. The van der Waals surface area contributed by atoms with Gasteiger partial charge in [-0.2, -0.15) is 0 Å². The fraction of sp³-hybridized carbons (Fsp3) is 0.190. The molecule has 146 valence electrons. The Morgan fingerprint density at radius 3 is 2.97 bits per heavy atom. The molecule has 5 rings (SSSR count). The molecule has 1 aromatic carbocycles. The van der Waals surface area contributed by atoms with E-state index in [0.29, 0.717) is 27.3 Å². The van der Waals surface area contributed by atoms with E-state index in [2.05, 4.69) is 15.0 Å². The highest BCUT2D eigenvalue weighted by molar-refractivity contribution is 7.18. The minimum atomic E-state index is -0.399. The van der Waals surface area contributed by atoms with E-state index in [-0.39, 0.29) is 10.6 Å². The molecule has 0 saturated heterocycles. The molecule has 29 heavy (non-hydrogen) atoms. The van der Waals surface area contributed by atoms with Gasteiger partial charge in [-0.15, -0.1) is 11.3 Å². The number of rotatable bonds is 3. The maximum Gasteiger partial charge on any atom is 0.260 e. The van der Waals surface area contributed by atoms with Gasteiger partial charge >= 0.3 is 0 Å². The molecule has 1 aliphatic rings. The number of benzene rings is 1. The van der Waals surface area contributed by atoms with Crippen LogP contribution in [-0.2, 0) is 12.8 Å². The van der Waals surface area contributed by atoms with Crippen molar-refractivity contribution in [3.63, 3.8) is 0 Å². The number of nitrogens with zero attached hydrogens (tertiary/aromatic N) is 3. The number of nitrogens with one attached hydrogen (secondary N) is 1. The lowest BCUT2D eigenvalue weighted by atomic mass is 9.97. The number of aryl methyl sites for hydroxylation is 2. The van der Waals surface area contributed by atoms with Gasteiger partial charge in [0.1, 0.15) is 10.6 Å². The Bertz CT molecular complexity index is 1310. The Balaban J connectivity index is 1.52. The second-order valence-corrected chi connectivity index (χ2v) is 8.47. The molecule has 3 heterocycles. The SMILES string of the molecule is O=c1[nH]c(/C(Cl)=C/c2ccc(-n3ccnc3)c(F)c2)nc2sc3c(c12)CCCC3. The van der Waals surface area contributed by atoms with Crippen molar-refractivity contribution in [3.8, 4) is 5.69 Å². The zero-order valence-electron chi connectivity index (χ0n) is 15.3. The lowest BCUT2D eigenvalue weighted by Gasteiger charge is -2.09. The smallest absolute Gasteiger partial charge is 0.260 e. The van der Waals surface area contributed by atoms with E-state index in [1.807, 2.05) is 0 Å². The molecule has 5 nitrogen and oxygen atoms in total. The van der Waals surface area contributed by atoms with Crippen LogP contribution in [0.1, 0.15) is 34.7 Å². The summed E-state index contributed by atoms with van der Waals surface area (Å²) in [4.78, 5) is 25.9. The summed E-state index contributed by atoms with van der Waals surface area (Å²) in [5, 5.41) is 0.943. The first-order valence-electron chi connectivity index (χ1n) is 9.30. The van der Waals surface area contributed by atoms with E-state index in [1.165, 1.54) is 17.3 Å². The normalized spacial score (nSPS) is 14.3. The van der Waals surface area contributed by atoms with Gasteiger partial charge in [0.25, 0.3) is 5.56 Å². The minimum absolute atomic E-state index is 0.169. The quantitative estimate of drug-likeness (QED) is 0.505. The van der Waals surface area contributed by atoms with Crippen molar-refractivity contribution in [1.82, 2.24) is 19.5 Å². The van der Waals surface area contributed by atoms with Crippen molar-refractivity contribution in [2.24, 2.45) is 0 Å². The standard InChI is InChI=1S/C21H16ClFN4OS/c22-14(9-12-5-6-16(15(23)10-12)27-8-7-24-11-27)19-25-20(28)18-13-3-1-2-4-17(13)29-21(18)26-19/h5-11H,1-4H2,(H,25,26,28)/b14-9-. The third kappa shape index (κ3) is 3.30. The van der Waals surface area contributed by atoms with Crippen LogP contribution in [0.5, 0.6) is 0 Å². The summed E-state index contributed by atoms with van der Waals surface area (Å²) < 4.78 is 16.1. The van der Waals surface area contributed by atoms with Gasteiger partial charge in [0.05, 0.1) is 22.4 Å². The Morgan fingerprint density at radius 2 is 2.17 bits per heavy atom. The highest BCUT2D eigenvalue weighted by Crippen LogP contribution is 2.34. The summed E-state index contributed by atoms with van der Waals surface area (Å²) in [6.07, 6.45) is 10.6. The van der Waals surface area contributed by atoms with Gasteiger partial charge in [0.2, 0.25) is 0 Å². The minimum Gasteiger partial charge on any atom is -0.305 e. The zero-order valence-corrected chi connectivity index (χ0v) is 16.9. The highest BCUT2D eigenvalue weighted by atomic mass is 35.5. The molecule has 0 unspecified atom stereocenters. The topological polar surface area (TPSA) is 63.6 Å². The number of aromatic nitrogens is 4. The van der Waals surface area contributed by atoms with E-state index in [4.69, 9.17) is 11.6 Å². The van der Waals surface area contributed by atoms with Crippen molar-refractivity contribution in [1.29, 1.82) is 0 Å². The second kappa shape index (κ2) is 7.24. The van der Waals surface area contributed by atoms with Crippen molar-refractivity contribution < 1.29 is 4.39 Å². The van der Waals surface area contributed by atoms with E-state index in [0.717, 1.165) is 31.2 Å². The van der Waals surface area contributed by atoms with Crippen molar-refractivity contribution in [3.05, 3.63) is 74.9 Å². The number of aromatic amines is 1. The van der Waals surface area contributed by atoms with Crippen LogP contribution >= 0.6 is 22.9 Å². The fourth-order valence-corrected chi connectivity index (χ4v) is 5.19. The van der Waals surface area contributed by atoms with Gasteiger partial charge in [-0.3, -0.25) is 4.79 Å². The van der Waals surface area contributed by atoms with Gasteiger partial charge in [0.15, 0.2) is 5.82 Å². The molecule has 8 heteroatoms. The number of hydrogen-bond acceptors (Lipinski definition) is 4. The molecule has 1 N–H and O–H groups in total. The summed E-state index contributed by atoms with van der Waals surface area (Å²) in [5.41, 5.74) is 1.93. The average Bonchev–Trinajstić information content (AvgIpc) is 3.35. The number of imidazole rings is 1. The Kier molecular flexibility index (Phi) is 4.56. The third-order valence-electron chi connectivity index (χ3n) is 5.10. The molecule has 3 aromatic heterocycles. The third-order valence-corrected chi connectivity index (χ3v) is 6.57. The monoisotopic (exact) mass is 426 g/mol. The van der Waals surface area contributed by atoms with Crippen LogP contribution in [0.25, 0.3) is 27.0 Å². The van der Waals surface area contributed by atoms with Gasteiger partial charge in [0, 0.05) is 17.3 Å². The van der Waals surface area contributed by atoms with Crippen molar-refractivity contribution in [2.45, 2.75) is 25.7 Å². The molecular weight excluding hydrogens is 411 g/mol. The van der Waals surface area contributed by atoms with Gasteiger partial charge in [-0.25, -0.2) is 14.4 Å². The molecule has 0 radical (unpaired) electrons. The van der Waals surface area contributed by atoms with Crippen LogP contribution in [-0.4, -0.2) is 19.5 Å². The maximum absolute atomic E-state index is 14.5. The zero-order chi connectivity index (χ0) is 20.0. The molecule has 0 amide bonds. The molecule has 0 bridgehead atoms. The fourth-order valence-electron chi connectivity index (χ4n) is 3.72. The molecule has 0 spiro atoms. The molecule has 1 aliphatic carbocycles. The lowest BCUT2D eigenvalue weighted by molar-refractivity contribution is 0.618. The molecule has 0 atom stereocenters. The van der Waals surface area contributed by atoms with Crippen molar-refractivity contribution >= 4 is 44.3 Å². The maximum atomic E-state index is 14.5. The van der Waals surface area contributed by atoms with Gasteiger partial charge in [-0.1, -0.05) is 17.7 Å². The number of thiophene rings is 1. The summed E-state index contributed by atoms with van der Waals surface area (Å²) in [7, 11) is 0. The molecule has 0 saturated carbocycles. The van der Waals surface area contributed by atoms with Gasteiger partial charge < -0.3 is 9.55 Å².